The quantitative estimate of drug-likeness (QED) is 0.838. The predicted molar refractivity (Wildman–Crippen MR) is 82.0 cm³/mol. The Morgan fingerprint density at radius 3 is 2.90 bits per heavy atom. The van der Waals surface area contributed by atoms with Crippen molar-refractivity contribution in [1.82, 2.24) is 29.8 Å². The first-order chi connectivity index (χ1) is 9.58. The van der Waals surface area contributed by atoms with Crippen molar-refractivity contribution in [3.8, 4) is 0 Å². The second kappa shape index (κ2) is 6.51. The van der Waals surface area contributed by atoms with Gasteiger partial charge in [-0.05, 0) is 25.2 Å². The predicted octanol–water partition coefficient (Wildman–Crippen LogP) is 1.14. The molecular weight excluding hydrogens is 272 g/mol. The van der Waals surface area contributed by atoms with Crippen LogP contribution in [0.15, 0.2) is 24.7 Å². The Kier molecular flexibility index (Phi) is 4.73. The molecule has 0 saturated carbocycles. The van der Waals surface area contributed by atoms with Gasteiger partial charge in [0.15, 0.2) is 5.11 Å². The molecule has 0 atom stereocenters. The van der Waals surface area contributed by atoms with Crippen LogP contribution in [0.2, 0.25) is 0 Å². The highest BCUT2D eigenvalue weighted by Gasteiger charge is 2.07. The molecule has 1 N–H and O–H groups in total. The summed E-state index contributed by atoms with van der Waals surface area (Å²) in [7, 11) is 3.87. The second-order valence-electron chi connectivity index (χ2n) is 4.70. The molecule has 108 valence electrons. The molecule has 7 heteroatoms. The second-order valence-corrected chi connectivity index (χ2v) is 5.09. The van der Waals surface area contributed by atoms with Gasteiger partial charge in [0.1, 0.15) is 0 Å². The van der Waals surface area contributed by atoms with Crippen LogP contribution in [0.1, 0.15) is 18.2 Å². The fraction of sp³-hybridized carbons (Fsp3) is 0.462. The Hall–Kier alpha value is -1.89. The molecule has 6 nitrogen and oxygen atoms in total. The number of nitrogens with one attached hydrogen (secondary N) is 1. The third kappa shape index (κ3) is 3.80. The lowest BCUT2D eigenvalue weighted by Gasteiger charge is -2.19. The molecule has 20 heavy (non-hydrogen) atoms. The first kappa shape index (κ1) is 14.5. The summed E-state index contributed by atoms with van der Waals surface area (Å²) in [5.41, 5.74) is 2.12. The first-order valence-corrected chi connectivity index (χ1v) is 6.98. The number of hydrogen-bond donors (Lipinski definition) is 1. The van der Waals surface area contributed by atoms with Crippen molar-refractivity contribution in [2.75, 3.05) is 7.05 Å². The van der Waals surface area contributed by atoms with E-state index in [0.717, 1.165) is 17.8 Å². The lowest BCUT2D eigenvalue weighted by atomic mass is 10.3. The number of aromatic nitrogens is 4. The van der Waals surface area contributed by atoms with Crippen molar-refractivity contribution >= 4 is 17.3 Å². The molecule has 0 aliphatic rings. The lowest BCUT2D eigenvalue weighted by molar-refractivity contribution is 0.477. The van der Waals surface area contributed by atoms with Crippen LogP contribution >= 0.6 is 12.2 Å². The minimum absolute atomic E-state index is 0.686. The highest BCUT2D eigenvalue weighted by atomic mass is 32.1. The van der Waals surface area contributed by atoms with Crippen molar-refractivity contribution < 1.29 is 0 Å². The number of aryl methyl sites for hydroxylation is 2. The Bertz CT molecular complexity index is 573. The Morgan fingerprint density at radius 2 is 2.30 bits per heavy atom. The summed E-state index contributed by atoms with van der Waals surface area (Å²) in [6.07, 6.45) is 5.81. The van der Waals surface area contributed by atoms with Gasteiger partial charge in [-0.1, -0.05) is 0 Å². The molecular formula is C13H20N6S. The fourth-order valence-electron chi connectivity index (χ4n) is 1.85. The smallest absolute Gasteiger partial charge is 0.169 e. The van der Waals surface area contributed by atoms with Gasteiger partial charge in [0, 0.05) is 45.1 Å². The molecule has 0 aliphatic carbocycles. The van der Waals surface area contributed by atoms with E-state index in [0.29, 0.717) is 18.2 Å². The van der Waals surface area contributed by atoms with E-state index in [1.54, 1.807) is 4.68 Å². The van der Waals surface area contributed by atoms with Gasteiger partial charge < -0.3 is 10.2 Å². The van der Waals surface area contributed by atoms with E-state index in [2.05, 4.69) is 22.4 Å². The summed E-state index contributed by atoms with van der Waals surface area (Å²) >= 11 is 5.37. The van der Waals surface area contributed by atoms with Gasteiger partial charge in [0.05, 0.1) is 18.4 Å². The zero-order chi connectivity index (χ0) is 14.5. The molecule has 2 aromatic heterocycles. The third-order valence-corrected chi connectivity index (χ3v) is 3.43. The number of hydrogen-bond acceptors (Lipinski definition) is 3. The van der Waals surface area contributed by atoms with Gasteiger partial charge >= 0.3 is 0 Å². The van der Waals surface area contributed by atoms with Gasteiger partial charge in [-0.15, -0.1) is 0 Å². The molecule has 0 fully saturated rings. The van der Waals surface area contributed by atoms with E-state index in [9.17, 15) is 0 Å². The highest BCUT2D eigenvalue weighted by molar-refractivity contribution is 7.80. The molecule has 2 aromatic rings. The van der Waals surface area contributed by atoms with Gasteiger partial charge in [0.2, 0.25) is 0 Å². The summed E-state index contributed by atoms with van der Waals surface area (Å²) < 4.78 is 3.69. The van der Waals surface area contributed by atoms with Gasteiger partial charge in [0.25, 0.3) is 0 Å². The van der Waals surface area contributed by atoms with Crippen LogP contribution in [-0.2, 0) is 26.7 Å². The van der Waals surface area contributed by atoms with Gasteiger partial charge in [-0.25, -0.2) is 0 Å². The van der Waals surface area contributed by atoms with Crippen molar-refractivity contribution in [3.05, 3.63) is 35.9 Å². The zero-order valence-electron chi connectivity index (χ0n) is 12.1. The highest BCUT2D eigenvalue weighted by Crippen LogP contribution is 2.01. The minimum Gasteiger partial charge on any atom is -0.358 e. The minimum atomic E-state index is 0.686. The van der Waals surface area contributed by atoms with Gasteiger partial charge in [-0.3, -0.25) is 9.36 Å². The number of thiocarbonyl (C=S) groups is 1. The Labute approximate surface area is 124 Å². The van der Waals surface area contributed by atoms with Crippen LogP contribution in [0, 0.1) is 0 Å². The van der Waals surface area contributed by atoms with Crippen LogP contribution in [0.3, 0.4) is 0 Å². The van der Waals surface area contributed by atoms with E-state index >= 15 is 0 Å². The summed E-state index contributed by atoms with van der Waals surface area (Å²) in [4.78, 5) is 1.97. The van der Waals surface area contributed by atoms with Crippen molar-refractivity contribution in [2.24, 2.45) is 7.05 Å². The maximum absolute atomic E-state index is 5.37. The van der Waals surface area contributed by atoms with Crippen LogP contribution in [0.5, 0.6) is 0 Å². The van der Waals surface area contributed by atoms with Crippen LogP contribution in [-0.4, -0.2) is 36.6 Å². The Balaban J connectivity index is 1.81. The van der Waals surface area contributed by atoms with E-state index in [1.165, 1.54) is 0 Å². The summed E-state index contributed by atoms with van der Waals surface area (Å²) in [5, 5.41) is 12.5. The molecule has 0 spiro atoms. The van der Waals surface area contributed by atoms with Crippen LogP contribution < -0.4 is 5.32 Å². The van der Waals surface area contributed by atoms with Crippen molar-refractivity contribution in [1.29, 1.82) is 0 Å². The summed E-state index contributed by atoms with van der Waals surface area (Å²) in [5.74, 6) is 0. The fourth-order valence-corrected chi connectivity index (χ4v) is 1.98. The molecule has 2 heterocycles. The lowest BCUT2D eigenvalue weighted by Crippen LogP contribution is -2.36. The number of rotatable bonds is 5. The summed E-state index contributed by atoms with van der Waals surface area (Å²) in [6, 6.07) is 1.99. The molecule has 2 rings (SSSR count). The topological polar surface area (TPSA) is 50.9 Å². The molecule has 0 aliphatic heterocycles. The van der Waals surface area contributed by atoms with Crippen LogP contribution in [0.25, 0.3) is 0 Å². The molecule has 0 amide bonds. The average molecular weight is 292 g/mol. The molecule has 0 bridgehead atoms. The Morgan fingerprint density at radius 1 is 1.50 bits per heavy atom. The standard InChI is InChI=1S/C13H20N6S/c1-4-19-9-11(8-15-19)7-14-13(20)17(2)10-12-5-6-18(3)16-12/h5-6,8-9H,4,7,10H2,1-3H3,(H,14,20). The summed E-state index contributed by atoms with van der Waals surface area (Å²) in [6.45, 7) is 4.33. The van der Waals surface area contributed by atoms with Crippen molar-refractivity contribution in [2.45, 2.75) is 26.6 Å². The normalized spacial score (nSPS) is 10.6. The monoisotopic (exact) mass is 292 g/mol. The SMILES string of the molecule is CCn1cc(CNC(=S)N(C)Cc2ccn(C)n2)cn1. The largest absolute Gasteiger partial charge is 0.358 e. The van der Waals surface area contributed by atoms with Crippen molar-refractivity contribution in [3.63, 3.8) is 0 Å². The first-order valence-electron chi connectivity index (χ1n) is 6.57. The average Bonchev–Trinajstić information content (AvgIpc) is 3.04. The third-order valence-electron chi connectivity index (χ3n) is 2.97. The van der Waals surface area contributed by atoms with Crippen LogP contribution in [0.4, 0.5) is 0 Å². The van der Waals surface area contributed by atoms with E-state index in [-0.39, 0.29) is 0 Å². The molecule has 0 aromatic carbocycles. The molecule has 0 unspecified atom stereocenters. The number of nitrogens with zero attached hydrogens (tertiary/aromatic N) is 5. The maximum Gasteiger partial charge on any atom is 0.169 e. The zero-order valence-corrected chi connectivity index (χ0v) is 12.9. The van der Waals surface area contributed by atoms with Gasteiger partial charge in [-0.2, -0.15) is 10.2 Å². The van der Waals surface area contributed by atoms with E-state index < -0.39 is 0 Å². The van der Waals surface area contributed by atoms with E-state index in [1.807, 2.05) is 48.3 Å². The maximum atomic E-state index is 5.37. The van der Waals surface area contributed by atoms with E-state index in [4.69, 9.17) is 12.2 Å². The molecule has 0 saturated heterocycles. The molecule has 0 radical (unpaired) electrons.